The Hall–Kier alpha value is -1.26. The highest BCUT2D eigenvalue weighted by molar-refractivity contribution is 5.48. The fourth-order valence-corrected chi connectivity index (χ4v) is 2.28. The third-order valence-corrected chi connectivity index (χ3v) is 4.08. The van der Waals surface area contributed by atoms with E-state index >= 15 is 0 Å². The van der Waals surface area contributed by atoms with Crippen molar-refractivity contribution >= 4 is 0 Å². The Balaban J connectivity index is 2.18. The number of rotatable bonds is 5. The quantitative estimate of drug-likeness (QED) is 0.868. The van der Waals surface area contributed by atoms with Crippen LogP contribution in [0.2, 0.25) is 0 Å². The molecule has 1 aliphatic heterocycles. The summed E-state index contributed by atoms with van der Waals surface area (Å²) in [6, 6.07) is 4.11. The standard InChI is InChI=1S/C16H25NO3/c1-10-6-12-7-14(19-5)13(8-15(12)20-10)9-17-16(3,4)11(2)18/h7-8,10-11,17-18H,6,9H2,1-5H3. The van der Waals surface area contributed by atoms with Crippen molar-refractivity contribution in [1.29, 1.82) is 0 Å². The summed E-state index contributed by atoms with van der Waals surface area (Å²) in [4.78, 5) is 0. The van der Waals surface area contributed by atoms with Gasteiger partial charge in [-0.15, -0.1) is 0 Å². The maximum Gasteiger partial charge on any atom is 0.123 e. The highest BCUT2D eigenvalue weighted by Crippen LogP contribution is 2.35. The van der Waals surface area contributed by atoms with E-state index in [2.05, 4.69) is 18.3 Å². The van der Waals surface area contributed by atoms with E-state index in [0.717, 1.165) is 23.5 Å². The second-order valence-electron chi connectivity index (χ2n) is 6.16. The highest BCUT2D eigenvalue weighted by atomic mass is 16.5. The van der Waals surface area contributed by atoms with Gasteiger partial charge in [0.25, 0.3) is 0 Å². The lowest BCUT2D eigenvalue weighted by Crippen LogP contribution is -2.47. The maximum atomic E-state index is 9.76. The molecule has 20 heavy (non-hydrogen) atoms. The summed E-state index contributed by atoms with van der Waals surface area (Å²) in [7, 11) is 1.68. The Morgan fingerprint density at radius 3 is 2.80 bits per heavy atom. The number of ether oxygens (including phenoxy) is 2. The average molecular weight is 279 g/mol. The SMILES string of the molecule is COc1cc2c(cc1CNC(C)(C)C(C)O)OC(C)C2. The molecule has 1 aliphatic rings. The Bertz CT molecular complexity index is 483. The van der Waals surface area contributed by atoms with Crippen LogP contribution in [0.25, 0.3) is 0 Å². The molecular formula is C16H25NO3. The molecule has 112 valence electrons. The molecule has 2 unspecified atom stereocenters. The molecule has 4 heteroatoms. The van der Waals surface area contributed by atoms with Crippen LogP contribution >= 0.6 is 0 Å². The first-order chi connectivity index (χ1) is 9.33. The van der Waals surface area contributed by atoms with Crippen molar-refractivity contribution in [2.75, 3.05) is 7.11 Å². The van der Waals surface area contributed by atoms with Crippen LogP contribution < -0.4 is 14.8 Å². The van der Waals surface area contributed by atoms with Crippen LogP contribution in [0.1, 0.15) is 38.8 Å². The molecule has 4 nitrogen and oxygen atoms in total. The van der Waals surface area contributed by atoms with E-state index in [4.69, 9.17) is 9.47 Å². The lowest BCUT2D eigenvalue weighted by molar-refractivity contribution is 0.0954. The van der Waals surface area contributed by atoms with Crippen molar-refractivity contribution in [3.05, 3.63) is 23.3 Å². The van der Waals surface area contributed by atoms with Crippen LogP contribution in [0.15, 0.2) is 12.1 Å². The zero-order valence-electron chi connectivity index (χ0n) is 13.0. The molecule has 0 radical (unpaired) electrons. The third kappa shape index (κ3) is 3.07. The molecule has 0 bridgehead atoms. The van der Waals surface area contributed by atoms with Gasteiger partial charge in [0.1, 0.15) is 17.6 Å². The van der Waals surface area contributed by atoms with E-state index in [-0.39, 0.29) is 11.6 Å². The van der Waals surface area contributed by atoms with Crippen LogP contribution in [0, 0.1) is 0 Å². The van der Waals surface area contributed by atoms with E-state index in [9.17, 15) is 5.11 Å². The van der Waals surface area contributed by atoms with Crippen LogP contribution in [0.5, 0.6) is 11.5 Å². The lowest BCUT2D eigenvalue weighted by Gasteiger charge is -2.30. The highest BCUT2D eigenvalue weighted by Gasteiger charge is 2.25. The topological polar surface area (TPSA) is 50.7 Å². The van der Waals surface area contributed by atoms with Gasteiger partial charge in [0.2, 0.25) is 0 Å². The van der Waals surface area contributed by atoms with Crippen molar-refractivity contribution in [3.63, 3.8) is 0 Å². The second kappa shape index (κ2) is 5.62. The zero-order chi connectivity index (χ0) is 14.9. The van der Waals surface area contributed by atoms with Gasteiger partial charge in [0, 0.05) is 29.6 Å². The summed E-state index contributed by atoms with van der Waals surface area (Å²) in [5.41, 5.74) is 1.90. The molecule has 0 saturated carbocycles. The molecular weight excluding hydrogens is 254 g/mol. The Kier molecular flexibility index (Phi) is 4.25. The predicted octanol–water partition coefficient (Wildman–Crippen LogP) is 2.27. The van der Waals surface area contributed by atoms with Gasteiger partial charge in [-0.3, -0.25) is 0 Å². The molecule has 0 amide bonds. The maximum absolute atomic E-state index is 9.76. The van der Waals surface area contributed by atoms with Crippen molar-refractivity contribution in [2.45, 2.75) is 58.4 Å². The summed E-state index contributed by atoms with van der Waals surface area (Å²) in [5, 5.41) is 13.1. The summed E-state index contributed by atoms with van der Waals surface area (Å²) >= 11 is 0. The minimum absolute atomic E-state index is 0.229. The molecule has 2 atom stereocenters. The summed E-state index contributed by atoms with van der Waals surface area (Å²) in [5.74, 6) is 1.82. The molecule has 0 aromatic heterocycles. The average Bonchev–Trinajstić information content (AvgIpc) is 2.73. The largest absolute Gasteiger partial charge is 0.496 e. The van der Waals surface area contributed by atoms with E-state index in [0.29, 0.717) is 6.54 Å². The molecule has 1 aromatic carbocycles. The lowest BCUT2D eigenvalue weighted by atomic mass is 9.98. The monoisotopic (exact) mass is 279 g/mol. The molecule has 0 aliphatic carbocycles. The zero-order valence-corrected chi connectivity index (χ0v) is 13.0. The van der Waals surface area contributed by atoms with Crippen LogP contribution in [-0.4, -0.2) is 30.0 Å². The fourth-order valence-electron chi connectivity index (χ4n) is 2.28. The third-order valence-electron chi connectivity index (χ3n) is 4.08. The first kappa shape index (κ1) is 15.1. The van der Waals surface area contributed by atoms with E-state index < -0.39 is 6.10 Å². The van der Waals surface area contributed by atoms with Gasteiger partial charge in [-0.05, 0) is 39.8 Å². The number of hydrogen-bond donors (Lipinski definition) is 2. The summed E-state index contributed by atoms with van der Waals surface area (Å²) in [6.45, 7) is 8.46. The number of benzene rings is 1. The summed E-state index contributed by atoms with van der Waals surface area (Å²) in [6.07, 6.45) is 0.726. The van der Waals surface area contributed by atoms with Gasteiger partial charge in [-0.25, -0.2) is 0 Å². The Morgan fingerprint density at radius 1 is 1.50 bits per heavy atom. The fraction of sp³-hybridized carbons (Fsp3) is 0.625. The summed E-state index contributed by atoms with van der Waals surface area (Å²) < 4.78 is 11.3. The van der Waals surface area contributed by atoms with Crippen molar-refractivity contribution < 1.29 is 14.6 Å². The minimum atomic E-state index is -0.431. The van der Waals surface area contributed by atoms with Gasteiger partial charge in [0.05, 0.1) is 13.2 Å². The smallest absolute Gasteiger partial charge is 0.123 e. The molecule has 2 rings (SSSR count). The molecule has 1 aromatic rings. The number of aliphatic hydroxyl groups is 1. The van der Waals surface area contributed by atoms with E-state index in [1.165, 1.54) is 5.56 Å². The molecule has 1 heterocycles. The Morgan fingerprint density at radius 2 is 2.20 bits per heavy atom. The normalized spacial score (nSPS) is 19.4. The number of hydrogen-bond acceptors (Lipinski definition) is 4. The molecule has 0 spiro atoms. The number of methoxy groups -OCH3 is 1. The second-order valence-corrected chi connectivity index (χ2v) is 6.16. The molecule has 2 N–H and O–H groups in total. The number of aliphatic hydroxyl groups excluding tert-OH is 1. The number of nitrogens with one attached hydrogen (secondary N) is 1. The van der Waals surface area contributed by atoms with Crippen molar-refractivity contribution in [2.24, 2.45) is 0 Å². The van der Waals surface area contributed by atoms with E-state index in [1.54, 1.807) is 14.0 Å². The minimum Gasteiger partial charge on any atom is -0.496 e. The molecule has 0 fully saturated rings. The van der Waals surface area contributed by atoms with Crippen LogP contribution in [0.4, 0.5) is 0 Å². The first-order valence-corrected chi connectivity index (χ1v) is 7.13. The first-order valence-electron chi connectivity index (χ1n) is 7.13. The van der Waals surface area contributed by atoms with Crippen molar-refractivity contribution in [3.8, 4) is 11.5 Å². The predicted molar refractivity (Wildman–Crippen MR) is 79.4 cm³/mol. The van der Waals surface area contributed by atoms with Gasteiger partial charge >= 0.3 is 0 Å². The Labute approximate surface area is 121 Å². The van der Waals surface area contributed by atoms with Crippen LogP contribution in [0.3, 0.4) is 0 Å². The van der Waals surface area contributed by atoms with Gasteiger partial charge in [-0.2, -0.15) is 0 Å². The van der Waals surface area contributed by atoms with Crippen LogP contribution in [-0.2, 0) is 13.0 Å². The van der Waals surface area contributed by atoms with Gasteiger partial charge < -0.3 is 19.9 Å². The molecule has 0 saturated heterocycles. The van der Waals surface area contributed by atoms with E-state index in [1.807, 2.05) is 19.9 Å². The van der Waals surface area contributed by atoms with Crippen molar-refractivity contribution in [1.82, 2.24) is 5.32 Å². The van der Waals surface area contributed by atoms with Gasteiger partial charge in [-0.1, -0.05) is 0 Å². The number of fused-ring (bicyclic) bond motifs is 1. The van der Waals surface area contributed by atoms with Gasteiger partial charge in [0.15, 0.2) is 0 Å².